The van der Waals surface area contributed by atoms with Crippen molar-refractivity contribution in [2.45, 2.75) is 58.3 Å². The van der Waals surface area contributed by atoms with Crippen LogP contribution in [0.15, 0.2) is 42.5 Å². The molecule has 0 saturated heterocycles. The van der Waals surface area contributed by atoms with E-state index < -0.39 is 0 Å². The van der Waals surface area contributed by atoms with E-state index in [2.05, 4.69) is 6.92 Å². The Morgan fingerprint density at radius 2 is 1.32 bits per heavy atom. The summed E-state index contributed by atoms with van der Waals surface area (Å²) in [5.41, 5.74) is 1.09. The summed E-state index contributed by atoms with van der Waals surface area (Å²) in [6.07, 6.45) is 10.3. The van der Waals surface area contributed by atoms with Crippen molar-refractivity contribution in [3.8, 4) is 11.5 Å². The monoisotopic (exact) mass is 382 g/mol. The lowest BCUT2D eigenvalue weighted by atomic mass is 10.0. The Hall–Kier alpha value is -1.38. The van der Waals surface area contributed by atoms with E-state index in [1.54, 1.807) is 18.2 Å². The van der Waals surface area contributed by atoms with E-state index in [4.69, 9.17) is 28.3 Å². The molecule has 2 N–H and O–H groups in total. The summed E-state index contributed by atoms with van der Waals surface area (Å²) in [7, 11) is 0. The average Bonchev–Trinajstić information content (AvgIpc) is 2.61. The number of hydrogen-bond acceptors (Lipinski definition) is 2. The van der Waals surface area contributed by atoms with Gasteiger partial charge in [-0.05, 0) is 36.6 Å². The number of benzene rings is 2. The zero-order chi connectivity index (χ0) is 18.5. The molecule has 4 heteroatoms. The number of aryl methyl sites for hydroxylation is 1. The molecule has 0 atom stereocenters. The first-order valence-electron chi connectivity index (χ1n) is 8.96. The number of aromatic hydroxyl groups is 2. The van der Waals surface area contributed by atoms with Crippen LogP contribution in [-0.2, 0) is 6.42 Å². The molecule has 2 rings (SSSR count). The van der Waals surface area contributed by atoms with Gasteiger partial charge in [-0.2, -0.15) is 0 Å². The first-order valence-corrected chi connectivity index (χ1v) is 9.71. The van der Waals surface area contributed by atoms with Crippen molar-refractivity contribution >= 4 is 23.2 Å². The van der Waals surface area contributed by atoms with Gasteiger partial charge in [-0.25, -0.2) is 0 Å². The van der Waals surface area contributed by atoms with Gasteiger partial charge in [0, 0.05) is 0 Å². The Balaban J connectivity index is 0.000000293. The van der Waals surface area contributed by atoms with Crippen molar-refractivity contribution < 1.29 is 10.2 Å². The van der Waals surface area contributed by atoms with E-state index in [1.807, 2.05) is 18.2 Å². The summed E-state index contributed by atoms with van der Waals surface area (Å²) in [5, 5.41) is 19.0. The molecule has 0 spiro atoms. The molecule has 2 nitrogen and oxygen atoms in total. The molecule has 0 bridgehead atoms. The van der Waals surface area contributed by atoms with Crippen molar-refractivity contribution in [1.29, 1.82) is 0 Å². The molecule has 0 aliphatic rings. The highest BCUT2D eigenvalue weighted by Crippen LogP contribution is 2.29. The quantitative estimate of drug-likeness (QED) is 0.467. The van der Waals surface area contributed by atoms with Gasteiger partial charge in [0.1, 0.15) is 16.5 Å². The maximum Gasteiger partial charge on any atom is 0.135 e. The molecule has 2 aromatic carbocycles. The predicted molar refractivity (Wildman–Crippen MR) is 108 cm³/mol. The van der Waals surface area contributed by atoms with Crippen molar-refractivity contribution in [3.05, 3.63) is 58.1 Å². The van der Waals surface area contributed by atoms with Crippen LogP contribution in [0.4, 0.5) is 0 Å². The van der Waals surface area contributed by atoms with Gasteiger partial charge in [0.2, 0.25) is 0 Å². The normalized spacial score (nSPS) is 10.2. The Bertz CT molecular complexity index is 594. The van der Waals surface area contributed by atoms with Gasteiger partial charge in [0.05, 0.1) is 5.02 Å². The van der Waals surface area contributed by atoms with Crippen LogP contribution in [0.2, 0.25) is 10.0 Å². The molecule has 0 unspecified atom stereocenters. The third-order valence-electron chi connectivity index (χ3n) is 3.97. The number of para-hydroxylation sites is 1. The first kappa shape index (κ1) is 21.7. The number of halogens is 2. The van der Waals surface area contributed by atoms with Crippen LogP contribution in [0.3, 0.4) is 0 Å². The highest BCUT2D eigenvalue weighted by molar-refractivity contribution is 6.42. The maximum atomic E-state index is 9.58. The third-order valence-corrected chi connectivity index (χ3v) is 4.78. The standard InChI is InChI=1S/C15H24O.C6H4Cl2O/c1-2-3-4-5-6-7-8-11-14-12-9-10-13-15(14)16;7-4-2-1-3-5(9)6(4)8/h9-10,12-13,16H,2-8,11H2,1H3;1-3,9H. The van der Waals surface area contributed by atoms with Crippen molar-refractivity contribution in [2.24, 2.45) is 0 Å². The minimum atomic E-state index is 0.0177. The molecule has 138 valence electrons. The number of phenols is 2. The lowest BCUT2D eigenvalue weighted by Crippen LogP contribution is -1.87. The van der Waals surface area contributed by atoms with Crippen LogP contribution in [0.1, 0.15) is 57.4 Å². The molecule has 2 aromatic rings. The lowest BCUT2D eigenvalue weighted by molar-refractivity contribution is 0.466. The molecule has 25 heavy (non-hydrogen) atoms. The Morgan fingerprint density at radius 1 is 0.720 bits per heavy atom. The second-order valence-corrected chi connectivity index (χ2v) is 6.86. The molecule has 0 fully saturated rings. The van der Waals surface area contributed by atoms with Gasteiger partial charge in [0.25, 0.3) is 0 Å². The molecular weight excluding hydrogens is 355 g/mol. The van der Waals surface area contributed by atoms with E-state index in [9.17, 15) is 5.11 Å². The summed E-state index contributed by atoms with van der Waals surface area (Å²) in [4.78, 5) is 0. The van der Waals surface area contributed by atoms with Crippen LogP contribution in [-0.4, -0.2) is 10.2 Å². The van der Waals surface area contributed by atoms with E-state index in [1.165, 1.54) is 51.0 Å². The Labute approximate surface area is 161 Å². The topological polar surface area (TPSA) is 40.5 Å². The van der Waals surface area contributed by atoms with Crippen LogP contribution in [0.5, 0.6) is 11.5 Å². The second kappa shape index (κ2) is 12.9. The SMILES string of the molecule is CCCCCCCCCc1ccccc1O.Oc1cccc(Cl)c1Cl. The molecule has 0 saturated carbocycles. The van der Waals surface area contributed by atoms with Gasteiger partial charge < -0.3 is 10.2 Å². The van der Waals surface area contributed by atoms with Gasteiger partial charge in [0.15, 0.2) is 0 Å². The highest BCUT2D eigenvalue weighted by atomic mass is 35.5. The largest absolute Gasteiger partial charge is 0.508 e. The number of phenolic OH excluding ortho intramolecular Hbond substituents is 2. The lowest BCUT2D eigenvalue weighted by Gasteiger charge is -2.04. The molecule has 0 aliphatic heterocycles. The first-order chi connectivity index (χ1) is 12.1. The number of hydrogen-bond donors (Lipinski definition) is 2. The van der Waals surface area contributed by atoms with E-state index >= 15 is 0 Å². The van der Waals surface area contributed by atoms with Crippen molar-refractivity contribution in [2.75, 3.05) is 0 Å². The summed E-state index contributed by atoms with van der Waals surface area (Å²) in [6, 6.07) is 12.4. The third kappa shape index (κ3) is 9.04. The fourth-order valence-electron chi connectivity index (χ4n) is 2.49. The second-order valence-electron chi connectivity index (χ2n) is 6.07. The fraction of sp³-hybridized carbons (Fsp3) is 0.429. The van der Waals surface area contributed by atoms with Crippen LogP contribution in [0, 0.1) is 0 Å². The zero-order valence-corrected chi connectivity index (χ0v) is 16.4. The molecule has 0 amide bonds. The summed E-state index contributed by atoms with van der Waals surface area (Å²) in [5.74, 6) is 0.470. The maximum absolute atomic E-state index is 9.58. The fourth-order valence-corrected chi connectivity index (χ4v) is 2.78. The van der Waals surface area contributed by atoms with E-state index in [-0.39, 0.29) is 10.8 Å². The molecule has 0 aliphatic carbocycles. The van der Waals surface area contributed by atoms with Gasteiger partial charge in [-0.3, -0.25) is 0 Å². The minimum Gasteiger partial charge on any atom is -0.508 e. The molecule has 0 radical (unpaired) electrons. The van der Waals surface area contributed by atoms with Crippen molar-refractivity contribution in [3.63, 3.8) is 0 Å². The van der Waals surface area contributed by atoms with E-state index in [0.717, 1.165) is 12.0 Å². The van der Waals surface area contributed by atoms with Gasteiger partial charge in [-0.15, -0.1) is 0 Å². The highest BCUT2D eigenvalue weighted by Gasteiger charge is 2.00. The van der Waals surface area contributed by atoms with Crippen molar-refractivity contribution in [1.82, 2.24) is 0 Å². The molecular formula is C21H28Cl2O2. The zero-order valence-electron chi connectivity index (χ0n) is 14.8. The van der Waals surface area contributed by atoms with Crippen LogP contribution < -0.4 is 0 Å². The summed E-state index contributed by atoms with van der Waals surface area (Å²) in [6.45, 7) is 2.25. The van der Waals surface area contributed by atoms with Crippen LogP contribution >= 0.6 is 23.2 Å². The predicted octanol–water partition coefficient (Wildman–Crippen LogP) is 7.38. The Morgan fingerprint density at radius 3 is 1.92 bits per heavy atom. The Kier molecular flexibility index (Phi) is 11.2. The number of rotatable bonds is 8. The smallest absolute Gasteiger partial charge is 0.135 e. The van der Waals surface area contributed by atoms with Gasteiger partial charge >= 0.3 is 0 Å². The summed E-state index contributed by atoms with van der Waals surface area (Å²) >= 11 is 11.0. The minimum absolute atomic E-state index is 0.0177. The summed E-state index contributed by atoms with van der Waals surface area (Å²) < 4.78 is 0. The van der Waals surface area contributed by atoms with Crippen LogP contribution in [0.25, 0.3) is 0 Å². The van der Waals surface area contributed by atoms with E-state index in [0.29, 0.717) is 10.8 Å². The molecule has 0 aromatic heterocycles. The van der Waals surface area contributed by atoms with Gasteiger partial charge in [-0.1, -0.05) is 92.9 Å². The number of unbranched alkanes of at least 4 members (excludes halogenated alkanes) is 6. The average molecular weight is 383 g/mol. The molecule has 0 heterocycles.